The largest absolute Gasteiger partial charge is 0.449 e. The highest BCUT2D eigenvalue weighted by atomic mass is 19.4. The summed E-state index contributed by atoms with van der Waals surface area (Å²) in [5, 5.41) is 5.19. The summed E-state index contributed by atoms with van der Waals surface area (Å²) in [6, 6.07) is 10.8. The Bertz CT molecular complexity index is 929. The number of rotatable bonds is 3. The van der Waals surface area contributed by atoms with E-state index < -0.39 is 18.0 Å². The number of imidazole rings is 1. The number of fused-ring (bicyclic) bond motifs is 1. The number of H-pyrrole nitrogens is 1. The first-order valence-electron chi connectivity index (χ1n) is 7.22. The number of urea groups is 1. The molecular formula is C17H13F3N4O. The molecule has 5 nitrogen and oxygen atoms in total. The van der Waals surface area contributed by atoms with Gasteiger partial charge in [0, 0.05) is 11.4 Å². The van der Waals surface area contributed by atoms with E-state index in [1.807, 2.05) is 0 Å². The van der Waals surface area contributed by atoms with E-state index in [1.165, 1.54) is 18.2 Å². The lowest BCUT2D eigenvalue weighted by atomic mass is 10.2. The number of benzene rings is 2. The van der Waals surface area contributed by atoms with Crippen molar-refractivity contribution in [2.24, 2.45) is 0 Å². The SMILES string of the molecule is C=Cc1ccc(NC(=O)Nc2ccc3nc(C(F)(F)F)[nH]c3c2)cc1. The highest BCUT2D eigenvalue weighted by molar-refractivity contribution is 6.00. The van der Waals surface area contributed by atoms with Crippen molar-refractivity contribution in [2.75, 3.05) is 10.6 Å². The van der Waals surface area contributed by atoms with Gasteiger partial charge in [-0.25, -0.2) is 9.78 Å². The molecule has 2 aromatic carbocycles. The number of hydrogen-bond acceptors (Lipinski definition) is 2. The Labute approximate surface area is 140 Å². The predicted molar refractivity (Wildman–Crippen MR) is 90.3 cm³/mol. The van der Waals surface area contributed by atoms with Crippen LogP contribution in [0.1, 0.15) is 11.4 Å². The summed E-state index contributed by atoms with van der Waals surface area (Å²) in [5.74, 6) is -1.08. The van der Waals surface area contributed by atoms with Crippen LogP contribution in [-0.2, 0) is 6.18 Å². The molecule has 0 fully saturated rings. The molecule has 3 rings (SSSR count). The number of nitrogens with one attached hydrogen (secondary N) is 3. The highest BCUT2D eigenvalue weighted by Crippen LogP contribution is 2.29. The number of nitrogens with zero attached hydrogens (tertiary/aromatic N) is 1. The van der Waals surface area contributed by atoms with Gasteiger partial charge in [-0.15, -0.1) is 0 Å². The minimum Gasteiger partial charge on any atom is -0.334 e. The number of amides is 2. The smallest absolute Gasteiger partial charge is 0.334 e. The molecule has 25 heavy (non-hydrogen) atoms. The number of aromatic nitrogens is 2. The molecule has 0 unspecified atom stereocenters. The van der Waals surface area contributed by atoms with Crippen molar-refractivity contribution in [1.29, 1.82) is 0 Å². The van der Waals surface area contributed by atoms with Crippen LogP contribution < -0.4 is 10.6 Å². The molecule has 0 saturated heterocycles. The molecule has 1 aromatic heterocycles. The van der Waals surface area contributed by atoms with Crippen molar-refractivity contribution in [2.45, 2.75) is 6.18 Å². The molecule has 0 aliphatic rings. The molecule has 128 valence electrons. The first kappa shape index (κ1) is 16.6. The van der Waals surface area contributed by atoms with E-state index in [9.17, 15) is 18.0 Å². The first-order chi connectivity index (χ1) is 11.8. The minimum atomic E-state index is -4.55. The zero-order valence-corrected chi connectivity index (χ0v) is 12.8. The Morgan fingerprint density at radius 1 is 1.08 bits per heavy atom. The summed E-state index contributed by atoms with van der Waals surface area (Å²) in [5.41, 5.74) is 2.17. The van der Waals surface area contributed by atoms with Crippen LogP contribution in [0.25, 0.3) is 17.1 Å². The average molecular weight is 346 g/mol. The Morgan fingerprint density at radius 3 is 2.36 bits per heavy atom. The van der Waals surface area contributed by atoms with Gasteiger partial charge in [-0.2, -0.15) is 13.2 Å². The van der Waals surface area contributed by atoms with Gasteiger partial charge in [0.1, 0.15) is 0 Å². The molecule has 1 heterocycles. The third-order valence-corrected chi connectivity index (χ3v) is 3.41. The average Bonchev–Trinajstić information content (AvgIpc) is 2.99. The molecule has 3 N–H and O–H groups in total. The van der Waals surface area contributed by atoms with Crippen LogP contribution in [0.5, 0.6) is 0 Å². The van der Waals surface area contributed by atoms with E-state index in [1.54, 1.807) is 30.3 Å². The summed E-state index contributed by atoms with van der Waals surface area (Å²) in [6.45, 7) is 3.64. The molecule has 0 saturated carbocycles. The quantitative estimate of drug-likeness (QED) is 0.633. The number of anilines is 2. The summed E-state index contributed by atoms with van der Waals surface area (Å²) in [4.78, 5) is 17.7. The van der Waals surface area contributed by atoms with Crippen molar-refractivity contribution >= 4 is 34.5 Å². The van der Waals surface area contributed by atoms with E-state index in [4.69, 9.17) is 0 Å². The molecule has 0 atom stereocenters. The third kappa shape index (κ3) is 3.79. The summed E-state index contributed by atoms with van der Waals surface area (Å²) >= 11 is 0. The zero-order chi connectivity index (χ0) is 18.0. The van der Waals surface area contributed by atoms with Crippen molar-refractivity contribution in [3.8, 4) is 0 Å². The van der Waals surface area contributed by atoms with Crippen LogP contribution in [0.2, 0.25) is 0 Å². The molecule has 0 spiro atoms. The van der Waals surface area contributed by atoms with Crippen molar-refractivity contribution < 1.29 is 18.0 Å². The highest BCUT2D eigenvalue weighted by Gasteiger charge is 2.34. The second kappa shape index (κ2) is 6.31. The van der Waals surface area contributed by atoms with Crippen molar-refractivity contribution in [3.05, 3.63) is 60.4 Å². The number of halogens is 3. The summed E-state index contributed by atoms with van der Waals surface area (Å²) < 4.78 is 38.0. The van der Waals surface area contributed by atoms with Gasteiger partial charge in [0.2, 0.25) is 5.82 Å². The summed E-state index contributed by atoms with van der Waals surface area (Å²) in [6.07, 6.45) is -2.87. The normalized spacial score (nSPS) is 11.3. The van der Waals surface area contributed by atoms with Crippen LogP contribution in [0.4, 0.5) is 29.3 Å². The van der Waals surface area contributed by atoms with E-state index >= 15 is 0 Å². The van der Waals surface area contributed by atoms with Crippen molar-refractivity contribution in [3.63, 3.8) is 0 Å². The van der Waals surface area contributed by atoms with Crippen LogP contribution in [0.3, 0.4) is 0 Å². The second-order valence-electron chi connectivity index (χ2n) is 5.22. The van der Waals surface area contributed by atoms with Gasteiger partial charge in [0.05, 0.1) is 11.0 Å². The zero-order valence-electron chi connectivity index (χ0n) is 12.8. The predicted octanol–water partition coefficient (Wildman–Crippen LogP) is 4.87. The maximum Gasteiger partial charge on any atom is 0.449 e. The summed E-state index contributed by atoms with van der Waals surface area (Å²) in [7, 11) is 0. The topological polar surface area (TPSA) is 69.8 Å². The number of alkyl halides is 3. The molecule has 0 radical (unpaired) electrons. The number of carbonyl (C=O) groups excluding carboxylic acids is 1. The van der Waals surface area contributed by atoms with E-state index in [2.05, 4.69) is 27.2 Å². The number of carbonyl (C=O) groups is 1. The Morgan fingerprint density at radius 2 is 1.72 bits per heavy atom. The van der Waals surface area contributed by atoms with Crippen LogP contribution in [-0.4, -0.2) is 16.0 Å². The second-order valence-corrected chi connectivity index (χ2v) is 5.22. The van der Waals surface area contributed by atoms with E-state index in [-0.39, 0.29) is 11.0 Å². The molecule has 8 heteroatoms. The van der Waals surface area contributed by atoms with Gasteiger partial charge in [0.25, 0.3) is 0 Å². The molecule has 0 aliphatic carbocycles. The fourth-order valence-electron chi connectivity index (χ4n) is 2.22. The number of hydrogen-bond donors (Lipinski definition) is 3. The fourth-order valence-corrected chi connectivity index (χ4v) is 2.22. The van der Waals surface area contributed by atoms with Crippen LogP contribution >= 0.6 is 0 Å². The molecule has 0 aliphatic heterocycles. The lowest BCUT2D eigenvalue weighted by molar-refractivity contribution is -0.144. The Hall–Kier alpha value is -3.29. The van der Waals surface area contributed by atoms with Crippen LogP contribution in [0.15, 0.2) is 49.0 Å². The standard InChI is InChI=1S/C17H13F3N4O/c1-2-10-3-5-11(6-4-10)21-16(25)22-12-7-8-13-14(9-12)24-15(23-13)17(18,19)20/h2-9H,1H2,(H,23,24)(H2,21,22,25). The van der Waals surface area contributed by atoms with Crippen LogP contribution in [0, 0.1) is 0 Å². The first-order valence-corrected chi connectivity index (χ1v) is 7.22. The van der Waals surface area contributed by atoms with E-state index in [0.29, 0.717) is 11.4 Å². The lowest BCUT2D eigenvalue weighted by Gasteiger charge is -2.08. The molecule has 2 amide bonds. The maximum atomic E-state index is 12.7. The van der Waals surface area contributed by atoms with Gasteiger partial charge in [-0.1, -0.05) is 24.8 Å². The Balaban J connectivity index is 1.73. The van der Waals surface area contributed by atoms with Crippen molar-refractivity contribution in [1.82, 2.24) is 9.97 Å². The van der Waals surface area contributed by atoms with Gasteiger partial charge in [0.15, 0.2) is 0 Å². The fraction of sp³-hybridized carbons (Fsp3) is 0.0588. The van der Waals surface area contributed by atoms with E-state index in [0.717, 1.165) is 5.56 Å². The molecular weight excluding hydrogens is 333 g/mol. The van der Waals surface area contributed by atoms with Gasteiger partial charge in [-0.05, 0) is 35.9 Å². The third-order valence-electron chi connectivity index (χ3n) is 3.41. The van der Waals surface area contributed by atoms with Gasteiger partial charge < -0.3 is 15.6 Å². The van der Waals surface area contributed by atoms with Gasteiger partial charge in [-0.3, -0.25) is 0 Å². The Kier molecular flexibility index (Phi) is 4.18. The maximum absolute atomic E-state index is 12.7. The lowest BCUT2D eigenvalue weighted by Crippen LogP contribution is -2.19. The minimum absolute atomic E-state index is 0.165. The number of aromatic amines is 1. The molecule has 0 bridgehead atoms. The monoisotopic (exact) mass is 346 g/mol. The molecule has 3 aromatic rings. The van der Waals surface area contributed by atoms with Gasteiger partial charge >= 0.3 is 12.2 Å².